The van der Waals surface area contributed by atoms with Gasteiger partial charge in [-0.05, 0) is 70.4 Å². The normalized spacial score (nSPS) is 13.6. The number of ether oxygens (including phenoxy) is 1. The second-order valence-corrected chi connectivity index (χ2v) is 7.31. The Kier molecular flexibility index (Phi) is 5.79. The molecule has 3 rings (SSSR count). The number of carbonyl (C=O) groups is 1. The van der Waals surface area contributed by atoms with Gasteiger partial charge in [-0.3, -0.25) is 4.79 Å². The van der Waals surface area contributed by atoms with Gasteiger partial charge in [0, 0.05) is 17.7 Å². The Labute approximate surface area is 157 Å². The van der Waals surface area contributed by atoms with Gasteiger partial charge >= 0.3 is 0 Å². The molecule has 4 heteroatoms. The lowest BCUT2D eigenvalue weighted by Gasteiger charge is -2.17. The van der Waals surface area contributed by atoms with Gasteiger partial charge in [-0.2, -0.15) is 0 Å². The average Bonchev–Trinajstić information content (AvgIpc) is 3.46. The van der Waals surface area contributed by atoms with Gasteiger partial charge in [-0.1, -0.05) is 32.0 Å². The molecule has 0 unspecified atom stereocenters. The van der Waals surface area contributed by atoms with Crippen LogP contribution in [0.5, 0.6) is 5.75 Å². The third kappa shape index (κ3) is 4.43. The fourth-order valence-corrected chi connectivity index (χ4v) is 3.47. The second-order valence-electron chi connectivity index (χ2n) is 6.46. The third-order valence-electron chi connectivity index (χ3n) is 4.60. The summed E-state index contributed by atoms with van der Waals surface area (Å²) >= 11 is 3.60. The van der Waals surface area contributed by atoms with Crippen LogP contribution in [0.1, 0.15) is 55.7 Å². The molecule has 2 aromatic carbocycles. The quantitative estimate of drug-likeness (QED) is 0.634. The first-order chi connectivity index (χ1) is 12.1. The Hall–Kier alpha value is -1.81. The minimum atomic E-state index is 0.0303. The lowest BCUT2D eigenvalue weighted by molar-refractivity contribution is -0.115. The summed E-state index contributed by atoms with van der Waals surface area (Å²) < 4.78 is 7.07. The van der Waals surface area contributed by atoms with E-state index in [1.54, 1.807) is 0 Å². The fraction of sp³-hybridized carbons (Fsp3) is 0.381. The molecule has 0 atom stereocenters. The van der Waals surface area contributed by atoms with Crippen LogP contribution in [0.15, 0.2) is 40.9 Å². The Morgan fingerprint density at radius 3 is 2.68 bits per heavy atom. The zero-order valence-corrected chi connectivity index (χ0v) is 16.4. The molecule has 0 saturated heterocycles. The van der Waals surface area contributed by atoms with E-state index in [9.17, 15) is 4.79 Å². The molecule has 1 amide bonds. The number of anilines is 1. The summed E-state index contributed by atoms with van der Waals surface area (Å²) in [5.74, 6) is 1.46. The maximum absolute atomic E-state index is 11.9. The molecular weight excluding hydrogens is 378 g/mol. The minimum absolute atomic E-state index is 0.0303. The van der Waals surface area contributed by atoms with E-state index in [1.807, 2.05) is 25.1 Å². The van der Waals surface area contributed by atoms with E-state index >= 15 is 0 Å². The topological polar surface area (TPSA) is 38.3 Å². The number of nitrogens with one attached hydrogen (secondary N) is 1. The molecule has 1 saturated carbocycles. The first-order valence-electron chi connectivity index (χ1n) is 8.95. The number of aryl methyl sites for hydroxylation is 1. The predicted molar refractivity (Wildman–Crippen MR) is 105 cm³/mol. The second kappa shape index (κ2) is 8.05. The molecule has 1 aliphatic carbocycles. The molecule has 0 radical (unpaired) electrons. The van der Waals surface area contributed by atoms with Crippen molar-refractivity contribution in [3.8, 4) is 5.75 Å². The molecule has 132 valence electrons. The summed E-state index contributed by atoms with van der Waals surface area (Å²) in [6.07, 6.45) is 3.90. The van der Waals surface area contributed by atoms with Crippen LogP contribution in [0.2, 0.25) is 0 Å². The highest BCUT2D eigenvalue weighted by Gasteiger charge is 2.27. The van der Waals surface area contributed by atoms with Crippen molar-refractivity contribution in [2.75, 3.05) is 5.32 Å². The van der Waals surface area contributed by atoms with Crippen molar-refractivity contribution in [3.05, 3.63) is 57.6 Å². The largest absolute Gasteiger partial charge is 0.488 e. The van der Waals surface area contributed by atoms with Gasteiger partial charge in [0.2, 0.25) is 5.91 Å². The highest BCUT2D eigenvalue weighted by atomic mass is 79.9. The highest BCUT2D eigenvalue weighted by molar-refractivity contribution is 9.10. The number of amides is 1. The van der Waals surface area contributed by atoms with Gasteiger partial charge in [-0.15, -0.1) is 0 Å². The smallest absolute Gasteiger partial charge is 0.224 e. The summed E-state index contributed by atoms with van der Waals surface area (Å²) in [5, 5.41) is 3.02. The first kappa shape index (κ1) is 18.0. The molecule has 1 aliphatic rings. The zero-order chi connectivity index (χ0) is 17.8. The van der Waals surface area contributed by atoms with E-state index in [2.05, 4.69) is 46.4 Å². The van der Waals surface area contributed by atoms with Crippen molar-refractivity contribution in [2.45, 2.75) is 52.1 Å². The van der Waals surface area contributed by atoms with Crippen LogP contribution in [-0.2, 0) is 17.8 Å². The molecule has 0 aliphatic heterocycles. The third-order valence-corrected chi connectivity index (χ3v) is 5.22. The van der Waals surface area contributed by atoms with Crippen molar-refractivity contribution in [2.24, 2.45) is 0 Å². The molecule has 0 spiro atoms. The molecule has 25 heavy (non-hydrogen) atoms. The highest BCUT2D eigenvalue weighted by Crippen LogP contribution is 2.43. The number of hydrogen-bond acceptors (Lipinski definition) is 2. The average molecular weight is 402 g/mol. The van der Waals surface area contributed by atoms with Crippen LogP contribution < -0.4 is 10.1 Å². The Morgan fingerprint density at radius 1 is 1.24 bits per heavy atom. The van der Waals surface area contributed by atoms with E-state index in [4.69, 9.17) is 4.74 Å². The van der Waals surface area contributed by atoms with Gasteiger partial charge in [0.25, 0.3) is 0 Å². The van der Waals surface area contributed by atoms with E-state index < -0.39 is 0 Å². The van der Waals surface area contributed by atoms with Crippen LogP contribution in [0, 0.1) is 0 Å². The predicted octanol–water partition coefficient (Wildman–Crippen LogP) is 5.82. The van der Waals surface area contributed by atoms with E-state index in [0.29, 0.717) is 18.9 Å². The fourth-order valence-electron chi connectivity index (χ4n) is 2.93. The van der Waals surface area contributed by atoms with Gasteiger partial charge in [0.1, 0.15) is 12.4 Å². The van der Waals surface area contributed by atoms with Gasteiger partial charge < -0.3 is 10.1 Å². The molecule has 0 aromatic heterocycles. The number of rotatable bonds is 7. The molecule has 2 aromatic rings. The van der Waals surface area contributed by atoms with Gasteiger partial charge in [0.15, 0.2) is 0 Å². The minimum Gasteiger partial charge on any atom is -0.488 e. The van der Waals surface area contributed by atoms with E-state index in [1.165, 1.54) is 24.0 Å². The molecule has 0 heterocycles. The number of halogens is 1. The molecule has 1 N–H and O–H groups in total. The first-order valence-corrected chi connectivity index (χ1v) is 9.74. The summed E-state index contributed by atoms with van der Waals surface area (Å²) in [7, 11) is 0. The molecule has 0 bridgehead atoms. The van der Waals surface area contributed by atoms with E-state index in [0.717, 1.165) is 27.9 Å². The van der Waals surface area contributed by atoms with Crippen molar-refractivity contribution in [1.29, 1.82) is 0 Å². The lowest BCUT2D eigenvalue weighted by atomic mass is 10.0. The Morgan fingerprint density at radius 2 is 2.04 bits per heavy atom. The lowest BCUT2D eigenvalue weighted by Crippen LogP contribution is -2.13. The van der Waals surface area contributed by atoms with Crippen LogP contribution in [0.4, 0.5) is 5.69 Å². The van der Waals surface area contributed by atoms with E-state index in [-0.39, 0.29) is 5.91 Å². The number of benzene rings is 2. The summed E-state index contributed by atoms with van der Waals surface area (Å²) in [4.78, 5) is 11.9. The molecule has 1 fully saturated rings. The maximum atomic E-state index is 11.9. The Bertz CT molecular complexity index is 768. The standard InChI is InChI=1S/C21H24BrNO2/c1-3-14-8-11-20(18(22)12-14)25-13-17-16(15-9-10-15)6-5-7-19(17)23-21(24)4-2/h5-8,11-12,15H,3-4,9-10,13H2,1-2H3,(H,23,24). The van der Waals surface area contributed by atoms with Crippen molar-refractivity contribution >= 4 is 27.5 Å². The maximum Gasteiger partial charge on any atom is 0.224 e. The monoisotopic (exact) mass is 401 g/mol. The molecule has 3 nitrogen and oxygen atoms in total. The summed E-state index contributed by atoms with van der Waals surface area (Å²) in [6, 6.07) is 12.3. The van der Waals surface area contributed by atoms with Gasteiger partial charge in [-0.25, -0.2) is 0 Å². The van der Waals surface area contributed by atoms with Crippen molar-refractivity contribution in [3.63, 3.8) is 0 Å². The van der Waals surface area contributed by atoms with Crippen LogP contribution in [0.25, 0.3) is 0 Å². The number of carbonyl (C=O) groups excluding carboxylic acids is 1. The number of hydrogen-bond donors (Lipinski definition) is 1. The van der Waals surface area contributed by atoms with Crippen LogP contribution in [0.3, 0.4) is 0 Å². The molecular formula is C21H24BrNO2. The van der Waals surface area contributed by atoms with Crippen LogP contribution >= 0.6 is 15.9 Å². The summed E-state index contributed by atoms with van der Waals surface area (Å²) in [6.45, 7) is 4.45. The van der Waals surface area contributed by atoms with Gasteiger partial charge in [0.05, 0.1) is 4.47 Å². The van der Waals surface area contributed by atoms with Crippen molar-refractivity contribution in [1.82, 2.24) is 0 Å². The SMILES string of the molecule is CCC(=O)Nc1cccc(C2CC2)c1COc1ccc(CC)cc1Br. The Balaban J connectivity index is 1.84. The zero-order valence-electron chi connectivity index (χ0n) is 14.8. The van der Waals surface area contributed by atoms with Crippen molar-refractivity contribution < 1.29 is 9.53 Å². The van der Waals surface area contributed by atoms with Crippen LogP contribution in [-0.4, -0.2) is 5.91 Å². The summed E-state index contributed by atoms with van der Waals surface area (Å²) in [5.41, 5.74) is 4.54.